The summed E-state index contributed by atoms with van der Waals surface area (Å²) in [6, 6.07) is 1.94. The first-order valence-electron chi connectivity index (χ1n) is 4.99. The summed E-state index contributed by atoms with van der Waals surface area (Å²) in [5.74, 6) is 0.394. The van der Waals surface area contributed by atoms with Crippen molar-refractivity contribution in [2.75, 3.05) is 0 Å². The van der Waals surface area contributed by atoms with Gasteiger partial charge in [-0.1, -0.05) is 13.8 Å². The number of hydrogen-bond acceptors (Lipinski definition) is 3. The molecule has 4 heteroatoms. The monoisotopic (exact) mass is 202 g/mol. The third-order valence-electron chi connectivity index (χ3n) is 2.33. The molecule has 4 nitrogen and oxygen atoms in total. The minimum Gasteiger partial charge on any atom is -0.266 e. The van der Waals surface area contributed by atoms with Crippen molar-refractivity contribution in [3.63, 3.8) is 0 Å². The zero-order valence-corrected chi connectivity index (χ0v) is 9.18. The summed E-state index contributed by atoms with van der Waals surface area (Å²) >= 11 is 0. The number of rotatable bonds is 2. The number of hydrogen-bond donors (Lipinski definition) is 0. The van der Waals surface area contributed by atoms with Gasteiger partial charge < -0.3 is 0 Å². The van der Waals surface area contributed by atoms with Crippen molar-refractivity contribution in [1.82, 2.24) is 19.7 Å². The molecule has 2 aromatic heterocycles. The molecule has 2 rings (SSSR count). The first kappa shape index (κ1) is 9.83. The fourth-order valence-corrected chi connectivity index (χ4v) is 1.41. The van der Waals surface area contributed by atoms with E-state index in [0.717, 1.165) is 17.1 Å². The van der Waals surface area contributed by atoms with Crippen LogP contribution in [0.3, 0.4) is 0 Å². The molecule has 0 aliphatic heterocycles. The van der Waals surface area contributed by atoms with E-state index in [9.17, 15) is 0 Å². The zero-order valence-electron chi connectivity index (χ0n) is 9.18. The van der Waals surface area contributed by atoms with Crippen LogP contribution in [0.5, 0.6) is 0 Å². The van der Waals surface area contributed by atoms with Crippen molar-refractivity contribution in [3.8, 4) is 11.4 Å². The molecule has 0 aliphatic rings. The van der Waals surface area contributed by atoms with Crippen LogP contribution in [-0.4, -0.2) is 19.7 Å². The maximum Gasteiger partial charge on any atom is 0.107 e. The highest BCUT2D eigenvalue weighted by Gasteiger charge is 2.07. The second kappa shape index (κ2) is 3.81. The van der Waals surface area contributed by atoms with Crippen molar-refractivity contribution >= 4 is 0 Å². The summed E-state index contributed by atoms with van der Waals surface area (Å²) in [4.78, 5) is 8.75. The average molecular weight is 202 g/mol. The van der Waals surface area contributed by atoms with Crippen molar-refractivity contribution in [2.45, 2.75) is 19.8 Å². The van der Waals surface area contributed by atoms with E-state index in [2.05, 4.69) is 28.9 Å². The standard InChI is InChI=1S/C11H14N4/c1-8(2)9-6-12-7-10(14-9)11-4-5-13-15(11)3/h4-8H,1-3H3. The molecule has 0 saturated heterocycles. The fraction of sp³-hybridized carbons (Fsp3) is 0.364. The van der Waals surface area contributed by atoms with Crippen LogP contribution >= 0.6 is 0 Å². The van der Waals surface area contributed by atoms with Gasteiger partial charge in [0.25, 0.3) is 0 Å². The van der Waals surface area contributed by atoms with Gasteiger partial charge in [0.1, 0.15) is 5.69 Å². The van der Waals surface area contributed by atoms with Gasteiger partial charge >= 0.3 is 0 Å². The Bertz CT molecular complexity index is 459. The van der Waals surface area contributed by atoms with E-state index in [0.29, 0.717) is 5.92 Å². The van der Waals surface area contributed by atoms with Crippen LogP contribution in [0, 0.1) is 0 Å². The Morgan fingerprint density at radius 3 is 2.67 bits per heavy atom. The largest absolute Gasteiger partial charge is 0.266 e. The highest BCUT2D eigenvalue weighted by Crippen LogP contribution is 2.17. The molecule has 0 saturated carbocycles. The number of nitrogens with zero attached hydrogens (tertiary/aromatic N) is 4. The first-order valence-corrected chi connectivity index (χ1v) is 4.99. The second-order valence-corrected chi connectivity index (χ2v) is 3.82. The Morgan fingerprint density at radius 2 is 2.07 bits per heavy atom. The third kappa shape index (κ3) is 1.88. The molecule has 0 N–H and O–H groups in total. The smallest absolute Gasteiger partial charge is 0.107 e. The Hall–Kier alpha value is -1.71. The SMILES string of the molecule is CC(C)c1cncc(-c2ccnn2C)n1. The quantitative estimate of drug-likeness (QED) is 0.748. The minimum atomic E-state index is 0.394. The normalized spacial score (nSPS) is 10.9. The molecule has 0 bridgehead atoms. The van der Waals surface area contributed by atoms with Gasteiger partial charge in [0.15, 0.2) is 0 Å². The molecular weight excluding hydrogens is 188 g/mol. The van der Waals surface area contributed by atoms with Gasteiger partial charge in [-0.25, -0.2) is 4.98 Å². The molecule has 0 unspecified atom stereocenters. The summed E-state index contributed by atoms with van der Waals surface area (Å²) in [5, 5.41) is 4.12. The summed E-state index contributed by atoms with van der Waals surface area (Å²) in [5.41, 5.74) is 2.87. The van der Waals surface area contributed by atoms with Crippen LogP contribution in [0.25, 0.3) is 11.4 Å². The second-order valence-electron chi connectivity index (χ2n) is 3.82. The van der Waals surface area contributed by atoms with E-state index in [4.69, 9.17) is 0 Å². The third-order valence-corrected chi connectivity index (χ3v) is 2.33. The van der Waals surface area contributed by atoms with E-state index in [1.54, 1.807) is 17.1 Å². The zero-order chi connectivity index (χ0) is 10.8. The molecule has 0 aromatic carbocycles. The number of aromatic nitrogens is 4. The fourth-order valence-electron chi connectivity index (χ4n) is 1.41. The molecule has 78 valence electrons. The lowest BCUT2D eigenvalue weighted by atomic mass is 10.1. The van der Waals surface area contributed by atoms with Crippen molar-refractivity contribution < 1.29 is 0 Å². The summed E-state index contributed by atoms with van der Waals surface area (Å²) in [6.45, 7) is 4.22. The highest BCUT2D eigenvalue weighted by molar-refractivity contribution is 5.52. The molecule has 0 fully saturated rings. The molecule has 0 spiro atoms. The predicted octanol–water partition coefficient (Wildman–Crippen LogP) is 2.00. The number of aryl methyl sites for hydroxylation is 1. The van der Waals surface area contributed by atoms with Crippen molar-refractivity contribution in [3.05, 3.63) is 30.4 Å². The maximum atomic E-state index is 4.55. The predicted molar refractivity (Wildman–Crippen MR) is 58.3 cm³/mol. The van der Waals surface area contributed by atoms with Gasteiger partial charge in [-0.3, -0.25) is 9.67 Å². The molecule has 2 heterocycles. The van der Waals surface area contributed by atoms with Crippen LogP contribution in [0.1, 0.15) is 25.5 Å². The Morgan fingerprint density at radius 1 is 1.27 bits per heavy atom. The summed E-state index contributed by atoms with van der Waals surface area (Å²) < 4.78 is 1.80. The van der Waals surface area contributed by atoms with Crippen LogP contribution in [-0.2, 0) is 7.05 Å². The van der Waals surface area contributed by atoms with Gasteiger partial charge in [0.2, 0.25) is 0 Å². The van der Waals surface area contributed by atoms with Gasteiger partial charge in [-0.2, -0.15) is 5.10 Å². The molecule has 15 heavy (non-hydrogen) atoms. The molecular formula is C11H14N4. The van der Waals surface area contributed by atoms with Crippen LogP contribution < -0.4 is 0 Å². The van der Waals surface area contributed by atoms with Crippen LogP contribution in [0.4, 0.5) is 0 Å². The lowest BCUT2D eigenvalue weighted by Crippen LogP contribution is -1.99. The highest BCUT2D eigenvalue weighted by atomic mass is 15.3. The Labute approximate surface area is 89.0 Å². The van der Waals surface area contributed by atoms with Gasteiger partial charge in [0, 0.05) is 19.4 Å². The van der Waals surface area contributed by atoms with Gasteiger partial charge in [-0.05, 0) is 12.0 Å². The lowest BCUT2D eigenvalue weighted by molar-refractivity contribution is 0.766. The molecule has 2 aromatic rings. The van der Waals surface area contributed by atoms with Gasteiger partial charge in [-0.15, -0.1) is 0 Å². The average Bonchev–Trinajstić information content (AvgIpc) is 2.64. The Kier molecular flexibility index (Phi) is 2.49. The van der Waals surface area contributed by atoms with E-state index < -0.39 is 0 Å². The van der Waals surface area contributed by atoms with Crippen LogP contribution in [0.15, 0.2) is 24.7 Å². The Balaban J connectivity index is 2.46. The molecule has 0 amide bonds. The lowest BCUT2D eigenvalue weighted by Gasteiger charge is -2.06. The van der Waals surface area contributed by atoms with E-state index in [1.807, 2.05) is 19.3 Å². The molecule has 0 aliphatic carbocycles. The maximum absolute atomic E-state index is 4.55. The minimum absolute atomic E-state index is 0.394. The first-order chi connectivity index (χ1) is 7.18. The van der Waals surface area contributed by atoms with E-state index in [-0.39, 0.29) is 0 Å². The summed E-state index contributed by atoms with van der Waals surface area (Å²) in [7, 11) is 1.90. The van der Waals surface area contributed by atoms with E-state index >= 15 is 0 Å². The topological polar surface area (TPSA) is 43.6 Å². The molecule has 0 atom stereocenters. The molecule has 0 radical (unpaired) electrons. The van der Waals surface area contributed by atoms with Crippen molar-refractivity contribution in [2.24, 2.45) is 7.05 Å². The summed E-state index contributed by atoms with van der Waals surface area (Å²) in [6.07, 6.45) is 5.34. The van der Waals surface area contributed by atoms with Gasteiger partial charge in [0.05, 0.1) is 17.6 Å². The van der Waals surface area contributed by atoms with Crippen molar-refractivity contribution in [1.29, 1.82) is 0 Å². The van der Waals surface area contributed by atoms with Crippen LogP contribution in [0.2, 0.25) is 0 Å². The van der Waals surface area contributed by atoms with E-state index in [1.165, 1.54) is 0 Å².